The average Bonchev–Trinajstić information content (AvgIpc) is 2.66. The highest BCUT2D eigenvalue weighted by molar-refractivity contribution is 5.28. The van der Waals surface area contributed by atoms with E-state index in [9.17, 15) is 5.11 Å². The van der Waals surface area contributed by atoms with Crippen molar-refractivity contribution in [3.8, 4) is 0 Å². The Morgan fingerprint density at radius 1 is 1.15 bits per heavy atom. The lowest BCUT2D eigenvalue weighted by Crippen LogP contribution is -2.34. The number of nitrogens with two attached hydrogens (primary N) is 1. The second kappa shape index (κ2) is 7.21. The Morgan fingerprint density at radius 3 is 2.30 bits per heavy atom. The zero-order valence-corrected chi connectivity index (χ0v) is 12.6. The average molecular weight is 276 g/mol. The molecule has 3 N–H and O–H groups in total. The number of nitrogens with zero attached hydrogens (tertiary/aromatic N) is 1. The van der Waals surface area contributed by atoms with E-state index in [-0.39, 0.29) is 0 Å². The van der Waals surface area contributed by atoms with Crippen molar-refractivity contribution >= 4 is 0 Å². The molecule has 3 nitrogen and oxygen atoms in total. The molecule has 1 heterocycles. The van der Waals surface area contributed by atoms with Crippen LogP contribution >= 0.6 is 0 Å². The fraction of sp³-hybridized carbons (Fsp3) is 0.647. The molecule has 0 fully saturated rings. The van der Waals surface area contributed by atoms with Crippen LogP contribution in [0.1, 0.15) is 37.3 Å². The summed E-state index contributed by atoms with van der Waals surface area (Å²) in [6, 6.07) is 8.81. The summed E-state index contributed by atoms with van der Waals surface area (Å²) >= 11 is 0. The second-order valence-corrected chi connectivity index (χ2v) is 6.27. The molecule has 1 aliphatic heterocycles. The van der Waals surface area contributed by atoms with Crippen molar-refractivity contribution in [2.75, 3.05) is 26.2 Å². The first-order valence-corrected chi connectivity index (χ1v) is 7.82. The lowest BCUT2D eigenvalue weighted by atomic mass is 9.99. The van der Waals surface area contributed by atoms with Gasteiger partial charge in [0, 0.05) is 19.6 Å². The highest BCUT2D eigenvalue weighted by atomic mass is 16.3. The van der Waals surface area contributed by atoms with E-state index in [4.69, 9.17) is 5.73 Å². The summed E-state index contributed by atoms with van der Waals surface area (Å²) < 4.78 is 0. The predicted molar refractivity (Wildman–Crippen MR) is 83.8 cm³/mol. The molecule has 2 rings (SSSR count). The Hall–Kier alpha value is -0.900. The van der Waals surface area contributed by atoms with Crippen LogP contribution in [0.3, 0.4) is 0 Å². The van der Waals surface area contributed by atoms with Crippen molar-refractivity contribution in [3.05, 3.63) is 35.4 Å². The molecule has 1 atom stereocenters. The van der Waals surface area contributed by atoms with Gasteiger partial charge in [-0.05, 0) is 56.7 Å². The molecular formula is C17H28N2O. The third kappa shape index (κ3) is 4.58. The third-order valence-electron chi connectivity index (χ3n) is 4.39. The van der Waals surface area contributed by atoms with Crippen LogP contribution in [0.2, 0.25) is 0 Å². The van der Waals surface area contributed by atoms with Gasteiger partial charge >= 0.3 is 0 Å². The van der Waals surface area contributed by atoms with Crippen LogP contribution in [-0.2, 0) is 12.8 Å². The van der Waals surface area contributed by atoms with E-state index in [1.54, 1.807) is 0 Å². The Balaban J connectivity index is 1.71. The summed E-state index contributed by atoms with van der Waals surface area (Å²) in [5, 5.41) is 9.88. The fourth-order valence-corrected chi connectivity index (χ4v) is 2.88. The molecule has 0 spiro atoms. The van der Waals surface area contributed by atoms with Gasteiger partial charge in [-0.25, -0.2) is 0 Å². The number of hydrogen-bond acceptors (Lipinski definition) is 3. The lowest BCUT2D eigenvalue weighted by molar-refractivity contribution is 0.0564. The number of benzene rings is 1. The summed E-state index contributed by atoms with van der Waals surface area (Å²) in [5.74, 6) is 0. The molecule has 0 saturated carbocycles. The van der Waals surface area contributed by atoms with Gasteiger partial charge in [-0.3, -0.25) is 0 Å². The maximum Gasteiger partial charge on any atom is 0.0741 e. The van der Waals surface area contributed by atoms with E-state index < -0.39 is 5.60 Å². The first-order chi connectivity index (χ1) is 9.61. The monoisotopic (exact) mass is 276 g/mol. The standard InChI is InChI=1S/C17H28N2O/c1-17(20,14-18)10-4-5-11-19-12-8-15-6-2-3-7-16(15)9-13-19/h2-3,6-7,20H,4-5,8-14,18H2,1H3. The Labute approximate surface area is 122 Å². The highest BCUT2D eigenvalue weighted by Crippen LogP contribution is 2.17. The van der Waals surface area contributed by atoms with Gasteiger partial charge in [0.1, 0.15) is 0 Å². The Kier molecular flexibility index (Phi) is 5.58. The normalized spacial score (nSPS) is 19.1. The molecule has 112 valence electrons. The van der Waals surface area contributed by atoms with Crippen molar-refractivity contribution in [1.82, 2.24) is 4.90 Å². The van der Waals surface area contributed by atoms with Gasteiger partial charge in [-0.15, -0.1) is 0 Å². The first-order valence-electron chi connectivity index (χ1n) is 7.82. The minimum absolute atomic E-state index is 0.353. The molecule has 3 heteroatoms. The number of aliphatic hydroxyl groups is 1. The number of unbranched alkanes of at least 4 members (excludes halogenated alkanes) is 1. The smallest absolute Gasteiger partial charge is 0.0741 e. The van der Waals surface area contributed by atoms with E-state index in [1.165, 1.54) is 11.1 Å². The lowest BCUT2D eigenvalue weighted by Gasteiger charge is -2.23. The second-order valence-electron chi connectivity index (χ2n) is 6.27. The highest BCUT2D eigenvalue weighted by Gasteiger charge is 2.17. The number of fused-ring (bicyclic) bond motifs is 1. The predicted octanol–water partition coefficient (Wildman–Crippen LogP) is 1.97. The molecule has 1 unspecified atom stereocenters. The molecule has 1 aromatic rings. The largest absolute Gasteiger partial charge is 0.389 e. The molecule has 0 aliphatic carbocycles. The SMILES string of the molecule is CC(O)(CN)CCCCN1CCc2ccccc2CC1. The van der Waals surface area contributed by atoms with Crippen molar-refractivity contribution in [3.63, 3.8) is 0 Å². The molecule has 0 aromatic heterocycles. The molecular weight excluding hydrogens is 248 g/mol. The van der Waals surface area contributed by atoms with Gasteiger partial charge in [0.2, 0.25) is 0 Å². The maximum atomic E-state index is 9.88. The van der Waals surface area contributed by atoms with Gasteiger partial charge in [-0.1, -0.05) is 24.3 Å². The molecule has 1 aliphatic rings. The third-order valence-corrected chi connectivity index (χ3v) is 4.39. The quantitative estimate of drug-likeness (QED) is 0.781. The van der Waals surface area contributed by atoms with Gasteiger partial charge in [-0.2, -0.15) is 0 Å². The van der Waals surface area contributed by atoms with Crippen LogP contribution in [0.4, 0.5) is 0 Å². The van der Waals surface area contributed by atoms with Crippen LogP contribution in [0, 0.1) is 0 Å². The first kappa shape index (κ1) is 15.5. The Bertz CT molecular complexity index is 390. The van der Waals surface area contributed by atoms with Crippen molar-refractivity contribution in [1.29, 1.82) is 0 Å². The van der Waals surface area contributed by atoms with Crippen LogP contribution in [0.25, 0.3) is 0 Å². The fourth-order valence-electron chi connectivity index (χ4n) is 2.88. The maximum absolute atomic E-state index is 9.88. The van der Waals surface area contributed by atoms with Crippen LogP contribution < -0.4 is 5.73 Å². The van der Waals surface area contributed by atoms with E-state index >= 15 is 0 Å². The zero-order chi connectivity index (χ0) is 14.4. The molecule has 1 aromatic carbocycles. The molecule has 0 saturated heterocycles. The van der Waals surface area contributed by atoms with Crippen LogP contribution in [0.5, 0.6) is 0 Å². The van der Waals surface area contributed by atoms with E-state index in [0.717, 1.165) is 51.7 Å². The summed E-state index contributed by atoms with van der Waals surface area (Å²) in [6.07, 6.45) is 5.32. The van der Waals surface area contributed by atoms with E-state index in [2.05, 4.69) is 29.2 Å². The minimum atomic E-state index is -0.685. The van der Waals surface area contributed by atoms with Crippen molar-refractivity contribution in [2.24, 2.45) is 5.73 Å². The summed E-state index contributed by atoms with van der Waals surface area (Å²) in [5.41, 5.74) is 7.88. The summed E-state index contributed by atoms with van der Waals surface area (Å²) in [7, 11) is 0. The topological polar surface area (TPSA) is 49.5 Å². The molecule has 0 radical (unpaired) electrons. The van der Waals surface area contributed by atoms with Gasteiger partial charge in [0.05, 0.1) is 5.60 Å². The van der Waals surface area contributed by atoms with Crippen LogP contribution in [-0.4, -0.2) is 41.8 Å². The molecule has 20 heavy (non-hydrogen) atoms. The van der Waals surface area contributed by atoms with Gasteiger partial charge in [0.25, 0.3) is 0 Å². The molecule has 0 amide bonds. The van der Waals surface area contributed by atoms with E-state index in [0.29, 0.717) is 6.54 Å². The minimum Gasteiger partial charge on any atom is -0.389 e. The zero-order valence-electron chi connectivity index (χ0n) is 12.6. The van der Waals surface area contributed by atoms with Crippen LogP contribution in [0.15, 0.2) is 24.3 Å². The molecule has 0 bridgehead atoms. The van der Waals surface area contributed by atoms with Gasteiger partial charge in [0.15, 0.2) is 0 Å². The Morgan fingerprint density at radius 2 is 1.75 bits per heavy atom. The summed E-state index contributed by atoms with van der Waals surface area (Å²) in [4.78, 5) is 2.55. The van der Waals surface area contributed by atoms with Crippen molar-refractivity contribution in [2.45, 2.75) is 44.6 Å². The van der Waals surface area contributed by atoms with Gasteiger partial charge < -0.3 is 15.7 Å². The van der Waals surface area contributed by atoms with Crippen molar-refractivity contribution < 1.29 is 5.11 Å². The van der Waals surface area contributed by atoms with E-state index in [1.807, 2.05) is 6.92 Å². The number of rotatable bonds is 6. The number of hydrogen-bond donors (Lipinski definition) is 2. The summed E-state index contributed by atoms with van der Waals surface area (Å²) in [6.45, 7) is 5.63.